The van der Waals surface area contributed by atoms with E-state index in [-0.39, 0.29) is 38.4 Å². The molecule has 0 aliphatic carbocycles. The normalized spacial score (nSPS) is 17.3. The van der Waals surface area contributed by atoms with Crippen LogP contribution in [0.4, 0.5) is 9.59 Å². The van der Waals surface area contributed by atoms with E-state index in [4.69, 9.17) is 28.4 Å². The maximum Gasteiger partial charge on any atom is 0.508 e. The molecule has 0 amide bonds. The van der Waals surface area contributed by atoms with E-state index in [1.807, 2.05) is 0 Å². The van der Waals surface area contributed by atoms with Gasteiger partial charge < -0.3 is 28.4 Å². The average molecular weight is 873 g/mol. The van der Waals surface area contributed by atoms with E-state index < -0.39 is 24.5 Å². The standard InChI is InChI=1S/C47H84O10S2/c1-3-5-7-9-15-21-28-42(30-23-17-11-13-19-25-32-44(48)52-36-40-38-54-46(50)56-40)58-34-27-35-59-43(29-22-16-10-8-6-4-2)31-24-18-12-14-20-26-33-45(49)53-37-41-39-55-47(51)57-41/h40-43H,3-39H2,1-2H3. The molecule has 0 bridgehead atoms. The Labute approximate surface area is 367 Å². The van der Waals surface area contributed by atoms with E-state index >= 15 is 0 Å². The van der Waals surface area contributed by atoms with Crippen molar-refractivity contribution in [2.75, 3.05) is 37.9 Å². The highest BCUT2D eigenvalue weighted by Gasteiger charge is 2.27. The Bertz CT molecular complexity index is 982. The van der Waals surface area contributed by atoms with Crippen LogP contribution in [0.25, 0.3) is 0 Å². The Morgan fingerprint density at radius 3 is 1.14 bits per heavy atom. The lowest BCUT2D eigenvalue weighted by atomic mass is 10.0. The number of ether oxygens (including phenoxy) is 6. The van der Waals surface area contributed by atoms with Crippen molar-refractivity contribution in [3.63, 3.8) is 0 Å². The van der Waals surface area contributed by atoms with Gasteiger partial charge in [0.15, 0.2) is 12.2 Å². The molecule has 2 fully saturated rings. The number of rotatable bonds is 42. The van der Waals surface area contributed by atoms with Gasteiger partial charge in [-0.2, -0.15) is 23.5 Å². The van der Waals surface area contributed by atoms with Gasteiger partial charge in [0.1, 0.15) is 26.4 Å². The molecule has 2 heterocycles. The lowest BCUT2D eigenvalue weighted by Crippen LogP contribution is -2.20. The zero-order valence-corrected chi connectivity index (χ0v) is 39.0. The molecule has 10 nitrogen and oxygen atoms in total. The summed E-state index contributed by atoms with van der Waals surface area (Å²) in [4.78, 5) is 46.0. The molecule has 0 spiro atoms. The van der Waals surface area contributed by atoms with Crippen LogP contribution in [0.2, 0.25) is 0 Å². The summed E-state index contributed by atoms with van der Waals surface area (Å²) in [5.41, 5.74) is 0. The van der Waals surface area contributed by atoms with E-state index in [2.05, 4.69) is 37.4 Å². The molecule has 344 valence electrons. The van der Waals surface area contributed by atoms with Gasteiger partial charge in [-0.25, -0.2) is 9.59 Å². The molecule has 2 rings (SSSR count). The maximum absolute atomic E-state index is 12.0. The highest BCUT2D eigenvalue weighted by molar-refractivity contribution is 8.00. The molecule has 0 radical (unpaired) electrons. The smallest absolute Gasteiger partial charge is 0.462 e. The van der Waals surface area contributed by atoms with Gasteiger partial charge in [0.25, 0.3) is 0 Å². The molecule has 2 saturated heterocycles. The number of unbranched alkanes of at least 4 members (excludes halogenated alkanes) is 20. The Morgan fingerprint density at radius 2 is 0.814 bits per heavy atom. The first-order valence-corrected chi connectivity index (χ1v) is 26.2. The Balaban J connectivity index is 1.59. The van der Waals surface area contributed by atoms with Crippen LogP contribution < -0.4 is 0 Å². The largest absolute Gasteiger partial charge is 0.508 e. The first-order valence-electron chi connectivity index (χ1n) is 24.1. The quantitative estimate of drug-likeness (QED) is 0.0329. The topological polar surface area (TPSA) is 124 Å². The molecule has 0 saturated carbocycles. The fourth-order valence-corrected chi connectivity index (χ4v) is 10.4. The molecule has 0 aromatic rings. The van der Waals surface area contributed by atoms with E-state index in [1.165, 1.54) is 159 Å². The summed E-state index contributed by atoms with van der Waals surface area (Å²) in [7, 11) is 0. The zero-order chi connectivity index (χ0) is 42.4. The summed E-state index contributed by atoms with van der Waals surface area (Å²) >= 11 is 4.50. The molecule has 2 aliphatic rings. The average Bonchev–Trinajstić information content (AvgIpc) is 3.86. The number of cyclic esters (lactones) is 4. The van der Waals surface area contributed by atoms with Crippen LogP contribution in [0.5, 0.6) is 0 Å². The summed E-state index contributed by atoms with van der Waals surface area (Å²) < 4.78 is 29.7. The molecular weight excluding hydrogens is 789 g/mol. The van der Waals surface area contributed by atoms with Crippen LogP contribution in [0.3, 0.4) is 0 Å². The van der Waals surface area contributed by atoms with Gasteiger partial charge in [-0.3, -0.25) is 9.59 Å². The fourth-order valence-electron chi connectivity index (χ4n) is 7.59. The van der Waals surface area contributed by atoms with Gasteiger partial charge in [-0.15, -0.1) is 0 Å². The number of carbonyl (C=O) groups excluding carboxylic acids is 4. The lowest BCUT2D eigenvalue weighted by Gasteiger charge is -2.19. The van der Waals surface area contributed by atoms with Crippen molar-refractivity contribution in [2.24, 2.45) is 0 Å². The summed E-state index contributed by atoms with van der Waals surface area (Å²) in [6.07, 6.45) is 35.2. The summed E-state index contributed by atoms with van der Waals surface area (Å²) in [5, 5.41) is 1.56. The molecular formula is C47H84O10S2. The Morgan fingerprint density at radius 1 is 0.492 bits per heavy atom. The highest BCUT2D eigenvalue weighted by Crippen LogP contribution is 2.29. The third kappa shape index (κ3) is 31.7. The van der Waals surface area contributed by atoms with Crippen molar-refractivity contribution in [1.82, 2.24) is 0 Å². The number of thioether (sulfide) groups is 2. The molecule has 59 heavy (non-hydrogen) atoms. The SMILES string of the molecule is CCCCCCCCC(CCCCCCCCC(=O)OCC1COC(=O)O1)SCCCSC(CCCCCCCC)CCCCCCCCC(=O)OCC1COC(=O)O1. The van der Waals surface area contributed by atoms with Gasteiger partial charge in [0, 0.05) is 23.3 Å². The second kappa shape index (κ2) is 37.9. The van der Waals surface area contributed by atoms with Crippen molar-refractivity contribution in [3.8, 4) is 0 Å². The second-order valence-corrected chi connectivity index (χ2v) is 19.6. The van der Waals surface area contributed by atoms with Crippen LogP contribution in [-0.4, -0.2) is 84.9 Å². The predicted octanol–water partition coefficient (Wildman–Crippen LogP) is 13.5. The summed E-state index contributed by atoms with van der Waals surface area (Å²) in [6.45, 7) is 5.04. The monoisotopic (exact) mass is 873 g/mol. The van der Waals surface area contributed by atoms with E-state index in [9.17, 15) is 19.2 Å². The fraction of sp³-hybridized carbons (Fsp3) is 0.915. The summed E-state index contributed by atoms with van der Waals surface area (Å²) in [5.74, 6) is 2.10. The van der Waals surface area contributed by atoms with Gasteiger partial charge in [-0.05, 0) is 56.5 Å². The number of carbonyl (C=O) groups is 4. The van der Waals surface area contributed by atoms with Crippen molar-refractivity contribution in [2.45, 2.75) is 236 Å². The number of hydrogen-bond acceptors (Lipinski definition) is 12. The molecule has 4 atom stereocenters. The van der Waals surface area contributed by atoms with Gasteiger partial charge in [0.2, 0.25) is 0 Å². The third-order valence-electron chi connectivity index (χ3n) is 11.2. The van der Waals surface area contributed by atoms with Crippen molar-refractivity contribution < 1.29 is 47.6 Å². The Kier molecular flexibility index (Phi) is 34.3. The molecule has 4 unspecified atom stereocenters. The third-order valence-corrected chi connectivity index (χ3v) is 14.2. The minimum absolute atomic E-state index is 0.0795. The lowest BCUT2D eigenvalue weighted by molar-refractivity contribution is -0.147. The van der Waals surface area contributed by atoms with Gasteiger partial charge >= 0.3 is 24.2 Å². The maximum atomic E-state index is 12.0. The molecule has 2 aliphatic heterocycles. The molecule has 0 aromatic heterocycles. The predicted molar refractivity (Wildman–Crippen MR) is 241 cm³/mol. The second-order valence-electron chi connectivity index (χ2n) is 16.7. The van der Waals surface area contributed by atoms with Crippen LogP contribution in [0.15, 0.2) is 0 Å². The van der Waals surface area contributed by atoms with Crippen LogP contribution in [0, 0.1) is 0 Å². The van der Waals surface area contributed by atoms with Crippen molar-refractivity contribution in [1.29, 1.82) is 0 Å². The van der Waals surface area contributed by atoms with E-state index in [1.54, 1.807) is 0 Å². The minimum atomic E-state index is -0.690. The van der Waals surface area contributed by atoms with Gasteiger partial charge in [0.05, 0.1) is 0 Å². The first kappa shape index (κ1) is 53.3. The number of esters is 2. The summed E-state index contributed by atoms with van der Waals surface area (Å²) in [6, 6.07) is 0. The van der Waals surface area contributed by atoms with E-state index in [0.717, 1.165) is 49.0 Å². The Hall–Kier alpha value is -1.82. The number of hydrogen-bond donors (Lipinski definition) is 0. The highest BCUT2D eigenvalue weighted by atomic mass is 32.2. The van der Waals surface area contributed by atoms with E-state index in [0.29, 0.717) is 12.8 Å². The molecule has 0 aromatic carbocycles. The van der Waals surface area contributed by atoms with Crippen LogP contribution in [-0.2, 0) is 38.0 Å². The molecule has 12 heteroatoms. The first-order chi connectivity index (χ1) is 28.9. The van der Waals surface area contributed by atoms with Crippen molar-refractivity contribution in [3.05, 3.63) is 0 Å². The molecule has 0 N–H and O–H groups in total. The van der Waals surface area contributed by atoms with Gasteiger partial charge in [-0.1, -0.05) is 155 Å². The van der Waals surface area contributed by atoms with Crippen LogP contribution in [0.1, 0.15) is 213 Å². The minimum Gasteiger partial charge on any atom is -0.462 e. The van der Waals surface area contributed by atoms with Crippen LogP contribution >= 0.6 is 23.5 Å². The zero-order valence-electron chi connectivity index (χ0n) is 37.4. The van der Waals surface area contributed by atoms with Crippen molar-refractivity contribution >= 4 is 47.8 Å².